The fourth-order valence-electron chi connectivity index (χ4n) is 2.87. The average molecular weight is 244 g/mol. The number of amides is 1. The standard InChI is InChI=1S/C15H20N2O/c1-2-17(12-7-8-12)15(18)14-13-6-4-3-5-11(13)9-10-16-14/h3-6,12,14,16H,2,7-10H2,1H3. The smallest absolute Gasteiger partial charge is 0.244 e. The number of benzene rings is 1. The van der Waals surface area contributed by atoms with Crippen LogP contribution in [0.2, 0.25) is 0 Å². The molecular formula is C15H20N2O. The van der Waals surface area contributed by atoms with Gasteiger partial charge in [-0.2, -0.15) is 0 Å². The van der Waals surface area contributed by atoms with Crippen molar-refractivity contribution in [3.05, 3.63) is 35.4 Å². The molecule has 1 fully saturated rings. The van der Waals surface area contributed by atoms with E-state index < -0.39 is 0 Å². The summed E-state index contributed by atoms with van der Waals surface area (Å²) in [6.07, 6.45) is 3.37. The Morgan fingerprint density at radius 2 is 2.17 bits per heavy atom. The van der Waals surface area contributed by atoms with Gasteiger partial charge in [0.05, 0.1) is 0 Å². The molecule has 3 rings (SSSR count). The molecule has 1 unspecified atom stereocenters. The summed E-state index contributed by atoms with van der Waals surface area (Å²) >= 11 is 0. The summed E-state index contributed by atoms with van der Waals surface area (Å²) in [7, 11) is 0. The molecule has 1 heterocycles. The van der Waals surface area contributed by atoms with E-state index in [-0.39, 0.29) is 11.9 Å². The summed E-state index contributed by atoms with van der Waals surface area (Å²) < 4.78 is 0. The zero-order valence-electron chi connectivity index (χ0n) is 10.9. The highest BCUT2D eigenvalue weighted by Crippen LogP contribution is 2.31. The Morgan fingerprint density at radius 1 is 1.39 bits per heavy atom. The highest BCUT2D eigenvalue weighted by molar-refractivity contribution is 5.84. The molecule has 1 atom stereocenters. The minimum absolute atomic E-state index is 0.129. The van der Waals surface area contributed by atoms with Gasteiger partial charge < -0.3 is 10.2 Å². The fourth-order valence-corrected chi connectivity index (χ4v) is 2.87. The molecule has 0 aromatic heterocycles. The van der Waals surface area contributed by atoms with Gasteiger partial charge in [0.25, 0.3) is 0 Å². The minimum atomic E-state index is -0.129. The fraction of sp³-hybridized carbons (Fsp3) is 0.533. The van der Waals surface area contributed by atoms with E-state index in [2.05, 4.69) is 30.4 Å². The van der Waals surface area contributed by atoms with Crippen LogP contribution in [0.1, 0.15) is 36.9 Å². The molecule has 1 aliphatic carbocycles. The highest BCUT2D eigenvalue weighted by atomic mass is 16.2. The predicted octanol–water partition coefficient (Wildman–Crippen LogP) is 1.88. The van der Waals surface area contributed by atoms with Crippen LogP contribution in [0.3, 0.4) is 0 Å². The van der Waals surface area contributed by atoms with E-state index in [4.69, 9.17) is 0 Å². The first-order valence-electron chi connectivity index (χ1n) is 6.93. The maximum absolute atomic E-state index is 12.6. The van der Waals surface area contributed by atoms with Crippen LogP contribution in [0.15, 0.2) is 24.3 Å². The lowest BCUT2D eigenvalue weighted by Gasteiger charge is -2.31. The second-order valence-corrected chi connectivity index (χ2v) is 5.19. The third kappa shape index (κ3) is 2.03. The Bertz CT molecular complexity index is 454. The van der Waals surface area contributed by atoms with Crippen molar-refractivity contribution in [1.82, 2.24) is 10.2 Å². The number of rotatable bonds is 3. The molecule has 0 radical (unpaired) electrons. The van der Waals surface area contributed by atoms with Crippen LogP contribution < -0.4 is 5.32 Å². The van der Waals surface area contributed by atoms with Gasteiger partial charge in [-0.05, 0) is 37.3 Å². The summed E-state index contributed by atoms with van der Waals surface area (Å²) in [5, 5.41) is 3.38. The van der Waals surface area contributed by atoms with Gasteiger partial charge in [0.1, 0.15) is 6.04 Å². The van der Waals surface area contributed by atoms with Crippen LogP contribution in [-0.2, 0) is 11.2 Å². The number of nitrogens with zero attached hydrogens (tertiary/aromatic N) is 1. The third-order valence-electron chi connectivity index (χ3n) is 3.97. The van der Waals surface area contributed by atoms with E-state index in [1.54, 1.807) is 0 Å². The number of hydrogen-bond donors (Lipinski definition) is 1. The normalized spacial score (nSPS) is 22.4. The summed E-state index contributed by atoms with van der Waals surface area (Å²) in [6.45, 7) is 3.80. The van der Waals surface area contributed by atoms with Crippen molar-refractivity contribution < 1.29 is 4.79 Å². The van der Waals surface area contributed by atoms with E-state index in [0.717, 1.165) is 19.5 Å². The second kappa shape index (κ2) is 4.73. The molecule has 3 nitrogen and oxygen atoms in total. The van der Waals surface area contributed by atoms with Gasteiger partial charge >= 0.3 is 0 Å². The summed E-state index contributed by atoms with van der Waals surface area (Å²) in [4.78, 5) is 14.7. The molecule has 1 aromatic carbocycles. The molecule has 18 heavy (non-hydrogen) atoms. The van der Waals surface area contributed by atoms with Gasteiger partial charge in [-0.15, -0.1) is 0 Å². The molecule has 0 saturated heterocycles. The molecule has 1 amide bonds. The lowest BCUT2D eigenvalue weighted by Crippen LogP contribution is -2.44. The van der Waals surface area contributed by atoms with Crippen LogP contribution in [0.4, 0.5) is 0 Å². The van der Waals surface area contributed by atoms with Gasteiger partial charge in [-0.1, -0.05) is 24.3 Å². The molecule has 0 bridgehead atoms. The maximum Gasteiger partial charge on any atom is 0.244 e. The van der Waals surface area contributed by atoms with Crippen molar-refractivity contribution in [2.45, 2.75) is 38.3 Å². The molecule has 0 spiro atoms. The van der Waals surface area contributed by atoms with Crippen LogP contribution in [0.5, 0.6) is 0 Å². The molecule has 1 aromatic rings. The van der Waals surface area contributed by atoms with E-state index in [1.807, 2.05) is 11.0 Å². The maximum atomic E-state index is 12.6. The molecule has 3 heteroatoms. The Balaban J connectivity index is 1.86. The van der Waals surface area contributed by atoms with Crippen molar-refractivity contribution in [3.8, 4) is 0 Å². The van der Waals surface area contributed by atoms with Gasteiger partial charge in [0, 0.05) is 19.1 Å². The van der Waals surface area contributed by atoms with Crippen molar-refractivity contribution in [1.29, 1.82) is 0 Å². The molecule has 1 aliphatic heterocycles. The topological polar surface area (TPSA) is 32.3 Å². The lowest BCUT2D eigenvalue weighted by molar-refractivity contribution is -0.134. The van der Waals surface area contributed by atoms with Gasteiger partial charge in [-0.25, -0.2) is 0 Å². The average Bonchev–Trinajstić information content (AvgIpc) is 3.23. The van der Waals surface area contributed by atoms with Gasteiger partial charge in [0.15, 0.2) is 0 Å². The largest absolute Gasteiger partial charge is 0.338 e. The van der Waals surface area contributed by atoms with E-state index in [0.29, 0.717) is 6.04 Å². The van der Waals surface area contributed by atoms with Crippen molar-refractivity contribution in [2.75, 3.05) is 13.1 Å². The number of nitrogens with one attached hydrogen (secondary N) is 1. The van der Waals surface area contributed by atoms with Crippen molar-refractivity contribution in [2.24, 2.45) is 0 Å². The van der Waals surface area contributed by atoms with E-state index in [1.165, 1.54) is 24.0 Å². The first kappa shape index (κ1) is 11.7. The SMILES string of the molecule is CCN(C(=O)C1NCCc2ccccc21)C1CC1. The number of hydrogen-bond acceptors (Lipinski definition) is 2. The molecule has 1 N–H and O–H groups in total. The number of fused-ring (bicyclic) bond motifs is 1. The summed E-state index contributed by atoms with van der Waals surface area (Å²) in [5.41, 5.74) is 2.49. The zero-order valence-corrected chi connectivity index (χ0v) is 10.9. The van der Waals surface area contributed by atoms with Crippen LogP contribution >= 0.6 is 0 Å². The quantitative estimate of drug-likeness (QED) is 0.880. The van der Waals surface area contributed by atoms with E-state index >= 15 is 0 Å². The third-order valence-corrected chi connectivity index (χ3v) is 3.97. The molecule has 1 saturated carbocycles. The first-order chi connectivity index (χ1) is 8.81. The summed E-state index contributed by atoms with van der Waals surface area (Å²) in [6, 6.07) is 8.69. The predicted molar refractivity (Wildman–Crippen MR) is 71.3 cm³/mol. The molecular weight excluding hydrogens is 224 g/mol. The highest BCUT2D eigenvalue weighted by Gasteiger charge is 2.36. The van der Waals surface area contributed by atoms with Gasteiger partial charge in [0.2, 0.25) is 5.91 Å². The van der Waals surface area contributed by atoms with Crippen molar-refractivity contribution >= 4 is 5.91 Å². The zero-order chi connectivity index (χ0) is 12.5. The first-order valence-corrected chi connectivity index (χ1v) is 6.93. The van der Waals surface area contributed by atoms with Crippen molar-refractivity contribution in [3.63, 3.8) is 0 Å². The van der Waals surface area contributed by atoms with Crippen LogP contribution in [0, 0.1) is 0 Å². The minimum Gasteiger partial charge on any atom is -0.338 e. The number of carbonyl (C=O) groups excluding carboxylic acids is 1. The number of likely N-dealkylation sites (N-methyl/N-ethyl adjacent to an activating group) is 1. The Labute approximate surface area is 108 Å². The summed E-state index contributed by atoms with van der Waals surface area (Å²) in [5.74, 6) is 0.257. The molecule has 96 valence electrons. The Morgan fingerprint density at radius 3 is 2.89 bits per heavy atom. The van der Waals surface area contributed by atoms with Crippen LogP contribution in [0.25, 0.3) is 0 Å². The Kier molecular flexibility index (Phi) is 3.08. The number of carbonyl (C=O) groups is 1. The van der Waals surface area contributed by atoms with Gasteiger partial charge in [-0.3, -0.25) is 4.79 Å². The van der Waals surface area contributed by atoms with E-state index in [9.17, 15) is 4.79 Å². The monoisotopic (exact) mass is 244 g/mol. The second-order valence-electron chi connectivity index (χ2n) is 5.19. The molecule has 2 aliphatic rings. The van der Waals surface area contributed by atoms with Crippen LogP contribution in [-0.4, -0.2) is 29.9 Å². The lowest BCUT2D eigenvalue weighted by atomic mass is 9.93. The Hall–Kier alpha value is -1.35.